The highest BCUT2D eigenvalue weighted by atomic mass is 127. The molecule has 0 aliphatic heterocycles. The summed E-state index contributed by atoms with van der Waals surface area (Å²) < 4.78 is -0.0384. The largest absolute Gasteiger partial charge is 0.299 e. The molecule has 17 heavy (non-hydrogen) atoms. The van der Waals surface area contributed by atoms with E-state index >= 15 is 0 Å². The number of halogens is 1. The van der Waals surface area contributed by atoms with Crippen molar-refractivity contribution in [1.82, 2.24) is 0 Å². The van der Waals surface area contributed by atoms with Gasteiger partial charge in [0.15, 0.2) is 3.79 Å². The van der Waals surface area contributed by atoms with Crippen molar-refractivity contribution >= 4 is 32.2 Å². The van der Waals surface area contributed by atoms with Crippen molar-refractivity contribution < 1.29 is 9.59 Å². The van der Waals surface area contributed by atoms with E-state index in [0.29, 0.717) is 6.42 Å². The average Bonchev–Trinajstić information content (AvgIpc) is 2.26. The molecule has 0 bridgehead atoms. The maximum Gasteiger partial charge on any atom is 0.199 e. The third-order valence-corrected chi connectivity index (χ3v) is 3.28. The van der Waals surface area contributed by atoms with Crippen LogP contribution in [0.4, 0.5) is 0 Å². The molecule has 100 valence electrons. The minimum absolute atomic E-state index is 0.0384. The molecule has 0 spiro atoms. The summed E-state index contributed by atoms with van der Waals surface area (Å²) in [4.78, 5) is 21.9. The summed E-state index contributed by atoms with van der Waals surface area (Å²) in [5.41, 5.74) is 0. The maximum atomic E-state index is 11.2. The fraction of sp³-hybridized carbons (Fsp3) is 0.857. The van der Waals surface area contributed by atoms with E-state index in [9.17, 15) is 9.59 Å². The predicted octanol–water partition coefficient (Wildman–Crippen LogP) is 4.83. The predicted molar refractivity (Wildman–Crippen MR) is 80.5 cm³/mol. The van der Waals surface area contributed by atoms with E-state index in [4.69, 9.17) is 0 Å². The number of Topliss-reactive ketones (excluding diaryl/α,β-unsaturated/α-hetero) is 1. The molecule has 0 rings (SSSR count). The quantitative estimate of drug-likeness (QED) is 0.218. The molecule has 3 heteroatoms. The van der Waals surface area contributed by atoms with E-state index in [-0.39, 0.29) is 16.0 Å². The van der Waals surface area contributed by atoms with Crippen LogP contribution in [0.2, 0.25) is 0 Å². The van der Waals surface area contributed by atoms with E-state index in [0.717, 1.165) is 12.8 Å². The van der Waals surface area contributed by atoms with Crippen molar-refractivity contribution in [2.45, 2.75) is 77.6 Å². The zero-order chi connectivity index (χ0) is 12.9. The molecule has 0 heterocycles. The Morgan fingerprint density at radius 3 is 1.76 bits per heavy atom. The van der Waals surface area contributed by atoms with Crippen molar-refractivity contribution in [1.29, 1.82) is 0 Å². The van der Waals surface area contributed by atoms with Crippen LogP contribution in [-0.2, 0) is 9.59 Å². The van der Waals surface area contributed by atoms with Gasteiger partial charge in [-0.05, 0) is 6.42 Å². The fourth-order valence-corrected chi connectivity index (χ4v) is 2.30. The first-order chi connectivity index (χ1) is 8.16. The van der Waals surface area contributed by atoms with Crippen molar-refractivity contribution in [2.24, 2.45) is 0 Å². The van der Waals surface area contributed by atoms with Gasteiger partial charge >= 0.3 is 0 Å². The van der Waals surface area contributed by atoms with E-state index in [1.54, 1.807) is 22.6 Å². The lowest BCUT2D eigenvalue weighted by Crippen LogP contribution is -2.01. The first kappa shape index (κ1) is 17.1. The van der Waals surface area contributed by atoms with Gasteiger partial charge in [0.25, 0.3) is 0 Å². The second kappa shape index (κ2) is 12.5. The van der Waals surface area contributed by atoms with Gasteiger partial charge in [-0.1, -0.05) is 58.3 Å². The lowest BCUT2D eigenvalue weighted by Gasteiger charge is -2.01. The summed E-state index contributed by atoms with van der Waals surface area (Å²) in [6.45, 7) is 2.23. The molecule has 0 saturated carbocycles. The molecule has 0 amide bonds. The summed E-state index contributed by atoms with van der Waals surface area (Å²) in [6.07, 6.45) is 12.1. The molecule has 0 atom stereocenters. The molecule has 0 radical (unpaired) electrons. The molecular formula is C14H25IO2. The van der Waals surface area contributed by atoms with Gasteiger partial charge < -0.3 is 0 Å². The second-order valence-corrected chi connectivity index (χ2v) is 5.85. The van der Waals surface area contributed by atoms with Gasteiger partial charge in [-0.15, -0.1) is 0 Å². The number of ketones is 1. The van der Waals surface area contributed by atoms with Crippen LogP contribution in [0.3, 0.4) is 0 Å². The minimum Gasteiger partial charge on any atom is -0.299 e. The highest BCUT2D eigenvalue weighted by Gasteiger charge is 2.05. The first-order valence-corrected chi connectivity index (χ1v) is 7.94. The summed E-state index contributed by atoms with van der Waals surface area (Å²) >= 11 is 1.69. The van der Waals surface area contributed by atoms with Crippen molar-refractivity contribution in [3.05, 3.63) is 0 Å². The van der Waals surface area contributed by atoms with Gasteiger partial charge in [0.2, 0.25) is 0 Å². The number of hydrogen-bond acceptors (Lipinski definition) is 2. The van der Waals surface area contributed by atoms with Gasteiger partial charge in [0, 0.05) is 29.0 Å². The van der Waals surface area contributed by atoms with Crippen LogP contribution in [0.5, 0.6) is 0 Å². The molecule has 0 fully saturated rings. The molecule has 0 aliphatic rings. The Morgan fingerprint density at radius 2 is 1.29 bits per heavy atom. The van der Waals surface area contributed by atoms with Gasteiger partial charge in [0.1, 0.15) is 5.78 Å². The lowest BCUT2D eigenvalue weighted by molar-refractivity contribution is -0.122. The molecule has 0 saturated heterocycles. The van der Waals surface area contributed by atoms with Gasteiger partial charge in [-0.25, -0.2) is 0 Å². The zero-order valence-corrected chi connectivity index (χ0v) is 13.1. The maximum absolute atomic E-state index is 11.2. The highest BCUT2D eigenvalue weighted by molar-refractivity contribution is 14.1. The molecule has 0 unspecified atom stereocenters. The van der Waals surface area contributed by atoms with Crippen LogP contribution in [0.25, 0.3) is 0 Å². The Morgan fingerprint density at radius 1 is 0.824 bits per heavy atom. The summed E-state index contributed by atoms with van der Waals surface area (Å²) in [7, 11) is 0. The number of unbranched alkanes of at least 4 members (excludes halogenated alkanes) is 8. The van der Waals surface area contributed by atoms with E-state index in [1.807, 2.05) is 0 Å². The number of rotatable bonds is 12. The Kier molecular flexibility index (Phi) is 12.6. The van der Waals surface area contributed by atoms with E-state index < -0.39 is 0 Å². The first-order valence-electron chi connectivity index (χ1n) is 6.86. The molecule has 0 aromatic carbocycles. The SMILES string of the molecule is CCCCCCCCCCCC(=O)CC(=O)I. The van der Waals surface area contributed by atoms with E-state index in [2.05, 4.69) is 6.92 Å². The van der Waals surface area contributed by atoms with Crippen molar-refractivity contribution in [3.8, 4) is 0 Å². The van der Waals surface area contributed by atoms with Crippen LogP contribution in [-0.4, -0.2) is 9.57 Å². The Balaban J connectivity index is 3.13. The second-order valence-electron chi connectivity index (χ2n) is 4.65. The Bertz CT molecular complexity index is 214. The summed E-state index contributed by atoms with van der Waals surface area (Å²) in [5, 5.41) is 0. The monoisotopic (exact) mass is 352 g/mol. The Hall–Kier alpha value is 0.0700. The molecule has 0 aromatic heterocycles. The van der Waals surface area contributed by atoms with Gasteiger partial charge in [-0.3, -0.25) is 9.59 Å². The molecule has 0 aliphatic carbocycles. The molecule has 0 aromatic rings. The standard InChI is InChI=1S/C14H25IO2/c1-2-3-4-5-6-7-8-9-10-11-13(16)12-14(15)17/h2-12H2,1H3. The van der Waals surface area contributed by atoms with Crippen LogP contribution in [0, 0.1) is 0 Å². The van der Waals surface area contributed by atoms with Crippen LogP contribution < -0.4 is 0 Å². The average molecular weight is 352 g/mol. The number of carbonyl (C=O) groups excluding carboxylic acids is 2. The normalized spacial score (nSPS) is 10.5. The summed E-state index contributed by atoms with van der Waals surface area (Å²) in [5.74, 6) is 0.104. The lowest BCUT2D eigenvalue weighted by atomic mass is 10.1. The third kappa shape index (κ3) is 14.0. The molecule has 2 nitrogen and oxygen atoms in total. The van der Waals surface area contributed by atoms with Crippen molar-refractivity contribution in [2.75, 3.05) is 0 Å². The Labute approximate surface area is 119 Å². The third-order valence-electron chi connectivity index (χ3n) is 2.90. The summed E-state index contributed by atoms with van der Waals surface area (Å²) in [6, 6.07) is 0. The molecule has 0 N–H and O–H groups in total. The number of carbonyl (C=O) groups is 2. The number of hydrogen-bond donors (Lipinski definition) is 0. The fourth-order valence-electron chi connectivity index (χ4n) is 1.88. The van der Waals surface area contributed by atoms with Crippen molar-refractivity contribution in [3.63, 3.8) is 0 Å². The van der Waals surface area contributed by atoms with Crippen LogP contribution >= 0.6 is 22.6 Å². The topological polar surface area (TPSA) is 34.1 Å². The van der Waals surface area contributed by atoms with Crippen LogP contribution in [0.1, 0.15) is 77.6 Å². The molecular weight excluding hydrogens is 327 g/mol. The van der Waals surface area contributed by atoms with Gasteiger partial charge in [0.05, 0.1) is 6.42 Å². The van der Waals surface area contributed by atoms with E-state index in [1.165, 1.54) is 44.9 Å². The van der Waals surface area contributed by atoms with Crippen LogP contribution in [0.15, 0.2) is 0 Å². The zero-order valence-electron chi connectivity index (χ0n) is 11.0. The smallest absolute Gasteiger partial charge is 0.199 e. The highest BCUT2D eigenvalue weighted by Crippen LogP contribution is 2.11. The minimum atomic E-state index is -0.0384. The van der Waals surface area contributed by atoms with Gasteiger partial charge in [-0.2, -0.15) is 0 Å².